The van der Waals surface area contributed by atoms with Gasteiger partial charge in [0.25, 0.3) is 0 Å². The molecular weight excluding hydrogens is 203 g/mol. The molecule has 1 fully saturated rings. The Kier molecular flexibility index (Phi) is 3.54. The van der Waals surface area contributed by atoms with Gasteiger partial charge in [0, 0.05) is 30.7 Å². The Morgan fingerprint density at radius 1 is 1.56 bits per heavy atom. The zero-order valence-electron chi connectivity index (χ0n) is 9.40. The van der Waals surface area contributed by atoms with Crippen molar-refractivity contribution in [1.82, 2.24) is 9.88 Å². The topological polar surface area (TPSA) is 16.1 Å². The van der Waals surface area contributed by atoms with E-state index in [1.165, 1.54) is 0 Å². The van der Waals surface area contributed by atoms with Gasteiger partial charge in [-0.3, -0.25) is 4.98 Å². The summed E-state index contributed by atoms with van der Waals surface area (Å²) in [5.74, 6) is 0. The first-order valence-corrected chi connectivity index (χ1v) is 5.72. The predicted molar refractivity (Wildman–Crippen MR) is 62.8 cm³/mol. The molecule has 2 heterocycles. The molecule has 0 bridgehead atoms. The number of hydrogen-bond acceptors (Lipinski definition) is 2. The van der Waals surface area contributed by atoms with Crippen LogP contribution in [0.4, 0.5) is 4.39 Å². The van der Waals surface area contributed by atoms with Gasteiger partial charge < -0.3 is 4.90 Å². The van der Waals surface area contributed by atoms with Crippen LogP contribution < -0.4 is 0 Å². The molecule has 1 saturated heterocycles. The van der Waals surface area contributed by atoms with Gasteiger partial charge in [-0.15, -0.1) is 0 Å². The second kappa shape index (κ2) is 5.10. The lowest BCUT2D eigenvalue weighted by Crippen LogP contribution is -2.20. The zero-order chi connectivity index (χ0) is 11.4. The molecule has 1 aliphatic heterocycles. The van der Waals surface area contributed by atoms with Crippen LogP contribution in [0.3, 0.4) is 0 Å². The van der Waals surface area contributed by atoms with Gasteiger partial charge in [0.15, 0.2) is 0 Å². The average Bonchev–Trinajstić information content (AvgIpc) is 2.74. The first kappa shape index (κ1) is 11.1. The number of rotatable bonds is 4. The van der Waals surface area contributed by atoms with Crippen LogP contribution in [0.25, 0.3) is 0 Å². The highest BCUT2D eigenvalue weighted by Crippen LogP contribution is 2.19. The number of likely N-dealkylation sites (tertiary alicyclic amines) is 1. The molecule has 3 heteroatoms. The summed E-state index contributed by atoms with van der Waals surface area (Å²) in [5, 5.41) is 0. The fraction of sp³-hybridized carbons (Fsp3) is 0.462. The minimum absolute atomic E-state index is 0.515. The van der Waals surface area contributed by atoms with Gasteiger partial charge in [0.1, 0.15) is 6.17 Å². The van der Waals surface area contributed by atoms with Crippen molar-refractivity contribution < 1.29 is 4.39 Å². The minimum Gasteiger partial charge on any atom is -0.372 e. The van der Waals surface area contributed by atoms with Crippen LogP contribution >= 0.6 is 0 Å². The van der Waals surface area contributed by atoms with E-state index in [4.69, 9.17) is 0 Å². The molecule has 1 aliphatic rings. The maximum Gasteiger partial charge on any atom is 0.119 e. The molecule has 1 aromatic heterocycles. The Morgan fingerprint density at radius 3 is 3.06 bits per heavy atom. The van der Waals surface area contributed by atoms with Gasteiger partial charge in [0.05, 0.1) is 0 Å². The third-order valence-electron chi connectivity index (χ3n) is 2.97. The largest absolute Gasteiger partial charge is 0.372 e. The zero-order valence-corrected chi connectivity index (χ0v) is 9.40. The molecule has 86 valence electrons. The Labute approximate surface area is 95.8 Å². The lowest BCUT2D eigenvalue weighted by atomic mass is 10.2. The number of alkyl halides is 1. The molecule has 16 heavy (non-hydrogen) atoms. The number of pyridine rings is 1. The summed E-state index contributed by atoms with van der Waals surface area (Å²) >= 11 is 0. The van der Waals surface area contributed by atoms with Crippen LogP contribution in [-0.2, 0) is 6.42 Å². The molecule has 0 radical (unpaired) electrons. The summed E-state index contributed by atoms with van der Waals surface area (Å²) in [7, 11) is 0. The van der Waals surface area contributed by atoms with Gasteiger partial charge in [-0.1, -0.05) is 12.6 Å². The van der Waals surface area contributed by atoms with Gasteiger partial charge in [0.2, 0.25) is 0 Å². The molecule has 0 spiro atoms. The van der Waals surface area contributed by atoms with E-state index < -0.39 is 6.17 Å². The maximum atomic E-state index is 13.0. The van der Waals surface area contributed by atoms with Crippen LogP contribution in [0, 0.1) is 0 Å². The van der Waals surface area contributed by atoms with Crippen LogP contribution in [0.1, 0.15) is 18.5 Å². The average molecular weight is 220 g/mol. The highest BCUT2D eigenvalue weighted by atomic mass is 19.1. The molecule has 2 rings (SSSR count). The van der Waals surface area contributed by atoms with E-state index in [0.717, 1.165) is 30.8 Å². The molecule has 2 nitrogen and oxygen atoms in total. The van der Waals surface area contributed by atoms with E-state index in [1.54, 1.807) is 6.20 Å². The van der Waals surface area contributed by atoms with Gasteiger partial charge in [-0.2, -0.15) is 0 Å². The quantitative estimate of drug-likeness (QED) is 0.775. The third-order valence-corrected chi connectivity index (χ3v) is 2.97. The van der Waals surface area contributed by atoms with Crippen LogP contribution in [0.15, 0.2) is 36.7 Å². The second-order valence-electron chi connectivity index (χ2n) is 4.22. The lowest BCUT2D eigenvalue weighted by molar-refractivity contribution is 0.320. The third kappa shape index (κ3) is 2.81. The Balaban J connectivity index is 1.80. The number of nitrogens with zero attached hydrogens (tertiary/aromatic N) is 2. The van der Waals surface area contributed by atoms with E-state index in [2.05, 4.69) is 11.6 Å². The van der Waals surface area contributed by atoms with Crippen LogP contribution in [0.2, 0.25) is 0 Å². The Hall–Kier alpha value is -1.38. The normalized spacial score (nSPS) is 20.1. The SMILES string of the molecule is C=C(CCc1ccccn1)N1CCC(F)C1. The second-order valence-corrected chi connectivity index (χ2v) is 4.22. The number of aryl methyl sites for hydroxylation is 1. The van der Waals surface area contributed by atoms with E-state index in [9.17, 15) is 4.39 Å². The summed E-state index contributed by atoms with van der Waals surface area (Å²) in [6.07, 6.45) is 3.51. The minimum atomic E-state index is -0.674. The highest BCUT2D eigenvalue weighted by Gasteiger charge is 2.22. The smallest absolute Gasteiger partial charge is 0.119 e. The van der Waals surface area contributed by atoms with Crippen LogP contribution in [-0.4, -0.2) is 29.1 Å². The molecule has 0 amide bonds. The first-order chi connectivity index (χ1) is 7.75. The monoisotopic (exact) mass is 220 g/mol. The predicted octanol–water partition coefficient (Wildman–Crippen LogP) is 2.57. The van der Waals surface area contributed by atoms with Crippen molar-refractivity contribution in [1.29, 1.82) is 0 Å². The van der Waals surface area contributed by atoms with Crippen molar-refractivity contribution in [3.05, 3.63) is 42.4 Å². The number of aromatic nitrogens is 1. The molecule has 1 aromatic rings. The number of allylic oxidation sites excluding steroid dienone is 1. The number of halogens is 1. The summed E-state index contributed by atoms with van der Waals surface area (Å²) < 4.78 is 13.0. The molecule has 0 N–H and O–H groups in total. The summed E-state index contributed by atoms with van der Waals surface area (Å²) in [6.45, 7) is 5.34. The van der Waals surface area contributed by atoms with Crippen molar-refractivity contribution in [2.24, 2.45) is 0 Å². The van der Waals surface area contributed by atoms with E-state index in [1.807, 2.05) is 23.1 Å². The number of hydrogen-bond donors (Lipinski definition) is 0. The van der Waals surface area contributed by atoms with E-state index >= 15 is 0 Å². The van der Waals surface area contributed by atoms with Gasteiger partial charge in [-0.05, 0) is 31.4 Å². The van der Waals surface area contributed by atoms with E-state index in [0.29, 0.717) is 13.0 Å². The standard InChI is InChI=1S/C13H17FN2/c1-11(16-9-7-12(14)10-16)5-6-13-4-2-3-8-15-13/h2-4,8,12H,1,5-7,9-10H2. The Bertz CT molecular complexity index is 350. The molecular formula is C13H17FN2. The highest BCUT2D eigenvalue weighted by molar-refractivity contribution is 5.07. The molecule has 0 aliphatic carbocycles. The van der Waals surface area contributed by atoms with Crippen molar-refractivity contribution in [3.63, 3.8) is 0 Å². The van der Waals surface area contributed by atoms with Gasteiger partial charge in [-0.25, -0.2) is 4.39 Å². The first-order valence-electron chi connectivity index (χ1n) is 5.72. The van der Waals surface area contributed by atoms with Crippen molar-refractivity contribution >= 4 is 0 Å². The summed E-state index contributed by atoms with van der Waals surface area (Å²) in [5.41, 5.74) is 2.10. The lowest BCUT2D eigenvalue weighted by Gasteiger charge is -2.19. The van der Waals surface area contributed by atoms with Crippen LogP contribution in [0.5, 0.6) is 0 Å². The summed E-state index contributed by atoms with van der Waals surface area (Å²) in [4.78, 5) is 6.31. The molecule has 1 atom stereocenters. The molecule has 0 aromatic carbocycles. The fourth-order valence-corrected chi connectivity index (χ4v) is 1.98. The molecule has 0 saturated carbocycles. The van der Waals surface area contributed by atoms with Gasteiger partial charge >= 0.3 is 0 Å². The van der Waals surface area contributed by atoms with Crippen molar-refractivity contribution in [2.75, 3.05) is 13.1 Å². The fourth-order valence-electron chi connectivity index (χ4n) is 1.98. The van der Waals surface area contributed by atoms with E-state index in [-0.39, 0.29) is 0 Å². The Morgan fingerprint density at radius 2 is 2.44 bits per heavy atom. The maximum absolute atomic E-state index is 13.0. The summed E-state index contributed by atoms with van der Waals surface area (Å²) in [6, 6.07) is 5.90. The molecule has 1 unspecified atom stereocenters. The van der Waals surface area contributed by atoms with Crippen molar-refractivity contribution in [2.45, 2.75) is 25.4 Å². The van der Waals surface area contributed by atoms with Crippen molar-refractivity contribution in [3.8, 4) is 0 Å².